The fourth-order valence-corrected chi connectivity index (χ4v) is 6.19. The van der Waals surface area contributed by atoms with Crippen molar-refractivity contribution in [3.8, 4) is 11.5 Å². The number of benzene rings is 3. The third-order valence-corrected chi connectivity index (χ3v) is 8.44. The molecule has 242 valence electrons. The van der Waals surface area contributed by atoms with Gasteiger partial charge in [0.05, 0.1) is 11.1 Å². The molecule has 17 heteroatoms. The molecule has 1 heterocycles. The van der Waals surface area contributed by atoms with Crippen molar-refractivity contribution in [2.75, 3.05) is 16.3 Å². The largest absolute Gasteiger partial charge is 0.573 e. The quantitative estimate of drug-likeness (QED) is 0.159. The summed E-state index contributed by atoms with van der Waals surface area (Å²) in [5.41, 5.74) is -0.423. The number of thiophene rings is 1. The van der Waals surface area contributed by atoms with Gasteiger partial charge in [0.15, 0.2) is 0 Å². The molecule has 4 aromatic rings. The van der Waals surface area contributed by atoms with Crippen LogP contribution in [0.1, 0.15) is 34.6 Å². The Labute approximate surface area is 264 Å². The van der Waals surface area contributed by atoms with E-state index in [1.165, 1.54) is 19.9 Å². The van der Waals surface area contributed by atoms with Crippen LogP contribution >= 0.6 is 27.3 Å². The van der Waals surface area contributed by atoms with Gasteiger partial charge in [0.2, 0.25) is 10.0 Å². The van der Waals surface area contributed by atoms with Crippen molar-refractivity contribution in [2.45, 2.75) is 38.2 Å². The molecule has 0 spiro atoms. The van der Waals surface area contributed by atoms with Crippen LogP contribution in [0, 0.1) is 0 Å². The van der Waals surface area contributed by atoms with Crippen LogP contribution in [0.2, 0.25) is 0 Å². The Balaban J connectivity index is 1.67. The summed E-state index contributed by atoms with van der Waals surface area (Å²) < 4.78 is 126. The number of carbonyl (C=O) groups excluding carboxylic acids is 1. The molecule has 0 fully saturated rings. The van der Waals surface area contributed by atoms with E-state index in [0.717, 1.165) is 29.7 Å². The predicted molar refractivity (Wildman–Crippen MR) is 159 cm³/mol. The van der Waals surface area contributed by atoms with Gasteiger partial charge in [-0.2, -0.15) is 17.6 Å². The van der Waals surface area contributed by atoms with Crippen molar-refractivity contribution in [2.24, 2.45) is 0 Å². The third-order valence-electron chi connectivity index (χ3n) is 6.26. The molecule has 1 aromatic heterocycles. The van der Waals surface area contributed by atoms with Gasteiger partial charge in [-0.1, -0.05) is 29.8 Å². The van der Waals surface area contributed by atoms with Crippen LogP contribution < -0.4 is 19.5 Å². The number of alkyl halides is 7. The van der Waals surface area contributed by atoms with Crippen LogP contribution in [-0.4, -0.2) is 39.5 Å². The number of halogens is 8. The minimum atomic E-state index is -5.23. The molecule has 0 unspecified atom stereocenters. The van der Waals surface area contributed by atoms with Gasteiger partial charge in [-0.25, -0.2) is 8.42 Å². The van der Waals surface area contributed by atoms with E-state index in [0.29, 0.717) is 31.9 Å². The zero-order chi connectivity index (χ0) is 33.5. The fourth-order valence-electron chi connectivity index (χ4n) is 4.20. The summed E-state index contributed by atoms with van der Waals surface area (Å²) in [5, 5.41) is 3.33. The van der Waals surface area contributed by atoms with Crippen molar-refractivity contribution in [3.63, 3.8) is 0 Å². The lowest BCUT2D eigenvalue weighted by molar-refractivity contribution is -0.274. The number of fused-ring (bicyclic) bond motifs is 1. The zero-order valence-corrected chi connectivity index (χ0v) is 26.5. The number of rotatable bonds is 10. The van der Waals surface area contributed by atoms with Gasteiger partial charge in [0.25, 0.3) is 5.91 Å². The van der Waals surface area contributed by atoms with Crippen molar-refractivity contribution in [1.29, 1.82) is 0 Å². The number of ether oxygens (including phenoxy) is 2. The SMILES string of the molecule is CC(C)(c1cc(Br)cc(NC(=O)c2cc3cc(NS(C)(=O)=O)ccc3s2)c1)c1cc(OC(F)(F)F)cc(OC(F)(F)C(F)F)c1. The van der Waals surface area contributed by atoms with Crippen molar-refractivity contribution >= 4 is 64.7 Å². The molecule has 0 bridgehead atoms. The van der Waals surface area contributed by atoms with Gasteiger partial charge in [-0.15, -0.1) is 24.5 Å². The van der Waals surface area contributed by atoms with E-state index in [9.17, 15) is 43.9 Å². The van der Waals surface area contributed by atoms with Crippen molar-refractivity contribution < 1.29 is 53.4 Å². The molecule has 1 amide bonds. The van der Waals surface area contributed by atoms with Crippen molar-refractivity contribution in [3.05, 3.63) is 81.1 Å². The summed E-state index contributed by atoms with van der Waals surface area (Å²) in [6, 6.07) is 13.1. The normalized spacial score (nSPS) is 12.8. The van der Waals surface area contributed by atoms with Gasteiger partial charge in [-0.05, 0) is 71.1 Å². The first kappa shape index (κ1) is 34.3. The Hall–Kier alpha value is -3.57. The molecule has 0 saturated heterocycles. The predicted octanol–water partition coefficient (Wildman–Crippen LogP) is 8.75. The number of nitrogens with one attached hydrogen (secondary N) is 2. The lowest BCUT2D eigenvalue weighted by Crippen LogP contribution is -2.33. The maximum atomic E-state index is 13.7. The average Bonchev–Trinajstić information content (AvgIpc) is 3.29. The lowest BCUT2D eigenvalue weighted by Gasteiger charge is -2.28. The third kappa shape index (κ3) is 8.79. The van der Waals surface area contributed by atoms with Gasteiger partial charge >= 0.3 is 18.9 Å². The second-order valence-corrected chi connectivity index (χ2v) is 14.0. The van der Waals surface area contributed by atoms with E-state index < -0.39 is 51.7 Å². The summed E-state index contributed by atoms with van der Waals surface area (Å²) in [6.07, 6.45) is -13.5. The molecule has 7 nitrogen and oxygen atoms in total. The molecule has 0 aliphatic rings. The van der Waals surface area contributed by atoms with Crippen LogP contribution in [0.3, 0.4) is 0 Å². The lowest BCUT2D eigenvalue weighted by atomic mass is 9.78. The van der Waals surface area contributed by atoms with Crippen LogP contribution in [0.15, 0.2) is 65.1 Å². The average molecular weight is 744 g/mol. The first-order chi connectivity index (χ1) is 20.6. The second kappa shape index (κ2) is 12.3. The Kier molecular flexibility index (Phi) is 9.39. The highest BCUT2D eigenvalue weighted by Gasteiger charge is 2.44. The van der Waals surface area contributed by atoms with Crippen LogP contribution in [0.5, 0.6) is 11.5 Å². The van der Waals surface area contributed by atoms with E-state index in [-0.39, 0.29) is 16.1 Å². The van der Waals surface area contributed by atoms with E-state index >= 15 is 0 Å². The van der Waals surface area contributed by atoms with Gasteiger partial charge in [0, 0.05) is 32.0 Å². The number of carbonyl (C=O) groups is 1. The standard InChI is InChI=1S/C28H22BrF7N2O5S2/c1-26(2,16-10-20(42-27(32,33)25(30)31)13-21(11-16)43-28(34,35)36)15-8-17(29)12-19(9-15)37-24(39)23-7-14-6-18(38-45(3,40)41)4-5-22(14)44-23/h4-13,25,38H,1-3H3,(H,37,39). The molecular formula is C28H22BrF7N2O5S2. The van der Waals surface area contributed by atoms with Crippen LogP contribution in [0.4, 0.5) is 42.1 Å². The number of anilines is 2. The molecule has 0 aliphatic carbocycles. The summed E-state index contributed by atoms with van der Waals surface area (Å²) in [6.45, 7) is 3.05. The topological polar surface area (TPSA) is 93.7 Å². The highest BCUT2D eigenvalue weighted by atomic mass is 79.9. The molecule has 0 radical (unpaired) electrons. The molecule has 0 atom stereocenters. The smallest absolute Gasteiger partial charge is 0.428 e. The minimum Gasteiger partial charge on any atom is -0.428 e. The Bertz CT molecular complexity index is 1860. The highest BCUT2D eigenvalue weighted by molar-refractivity contribution is 9.10. The minimum absolute atomic E-state index is 0.0669. The Morgan fingerprint density at radius 3 is 2.09 bits per heavy atom. The molecule has 4 rings (SSSR count). The molecular weight excluding hydrogens is 721 g/mol. The van der Waals surface area contributed by atoms with Crippen LogP contribution in [0.25, 0.3) is 10.1 Å². The molecule has 0 aliphatic heterocycles. The van der Waals surface area contributed by atoms with Gasteiger partial charge < -0.3 is 14.8 Å². The molecule has 45 heavy (non-hydrogen) atoms. The maximum absolute atomic E-state index is 13.7. The number of sulfonamides is 1. The first-order valence-corrected chi connectivity index (χ1v) is 16.0. The first-order valence-electron chi connectivity index (χ1n) is 12.5. The number of amides is 1. The summed E-state index contributed by atoms with van der Waals surface area (Å²) in [4.78, 5) is 13.4. The Morgan fingerprint density at radius 2 is 1.49 bits per heavy atom. The highest BCUT2D eigenvalue weighted by Crippen LogP contribution is 2.41. The number of hydrogen-bond donors (Lipinski definition) is 2. The summed E-state index contributed by atoms with van der Waals surface area (Å²) in [5.74, 6) is -2.49. The van der Waals surface area contributed by atoms with E-state index in [4.69, 9.17) is 0 Å². The molecule has 0 saturated carbocycles. The second-order valence-electron chi connectivity index (χ2n) is 10.3. The number of hydrogen-bond acceptors (Lipinski definition) is 6. The van der Waals surface area contributed by atoms with E-state index in [2.05, 4.69) is 35.4 Å². The van der Waals surface area contributed by atoms with E-state index in [1.807, 2.05) is 0 Å². The molecule has 3 aromatic carbocycles. The summed E-state index contributed by atoms with van der Waals surface area (Å²) in [7, 11) is -3.52. The van der Waals surface area contributed by atoms with Gasteiger partial charge in [-0.3, -0.25) is 9.52 Å². The Morgan fingerprint density at radius 1 is 0.867 bits per heavy atom. The van der Waals surface area contributed by atoms with Crippen LogP contribution in [-0.2, 0) is 15.4 Å². The molecule has 2 N–H and O–H groups in total. The monoisotopic (exact) mass is 742 g/mol. The van der Waals surface area contributed by atoms with Crippen molar-refractivity contribution in [1.82, 2.24) is 0 Å². The van der Waals surface area contributed by atoms with E-state index in [1.54, 1.807) is 36.4 Å². The fraction of sp³-hybridized carbons (Fsp3) is 0.250. The zero-order valence-electron chi connectivity index (χ0n) is 23.2. The van der Waals surface area contributed by atoms with Gasteiger partial charge in [0.1, 0.15) is 11.5 Å². The maximum Gasteiger partial charge on any atom is 0.573 e. The summed E-state index contributed by atoms with van der Waals surface area (Å²) >= 11 is 4.46.